The van der Waals surface area contributed by atoms with Crippen molar-refractivity contribution < 1.29 is 4.39 Å². The highest BCUT2D eigenvalue weighted by molar-refractivity contribution is 5.38. The molecule has 2 heteroatoms. The molecule has 0 amide bonds. The van der Waals surface area contributed by atoms with E-state index >= 15 is 0 Å². The zero-order valence-electron chi connectivity index (χ0n) is 7.74. The summed E-state index contributed by atoms with van der Waals surface area (Å²) in [6.07, 6.45) is 0. The molecule has 0 spiro atoms. The molecule has 0 fully saturated rings. The second-order valence-corrected chi connectivity index (χ2v) is 3.13. The van der Waals surface area contributed by atoms with Crippen molar-refractivity contribution in [3.8, 4) is 0 Å². The highest BCUT2D eigenvalue weighted by Gasteiger charge is 2.08. The number of halogens is 1. The number of rotatable bonds is 1. The van der Waals surface area contributed by atoms with E-state index in [0.29, 0.717) is 11.1 Å². The molecule has 0 saturated carbocycles. The first-order valence-electron chi connectivity index (χ1n) is 4.03. The molecule has 0 radical (unpaired) electrons. The van der Waals surface area contributed by atoms with Crippen LogP contribution in [-0.4, -0.2) is 0 Å². The van der Waals surface area contributed by atoms with Gasteiger partial charge in [-0.25, -0.2) is 4.39 Å². The van der Waals surface area contributed by atoms with E-state index in [-0.39, 0.29) is 12.4 Å². The van der Waals surface area contributed by atoms with Gasteiger partial charge in [-0.2, -0.15) is 0 Å². The predicted molar refractivity (Wildman–Crippen MR) is 48.5 cm³/mol. The van der Waals surface area contributed by atoms with Crippen LogP contribution in [0.5, 0.6) is 0 Å². The molecular weight excluding hydrogens is 153 g/mol. The van der Waals surface area contributed by atoms with E-state index in [2.05, 4.69) is 0 Å². The molecule has 0 bridgehead atoms. The maximum atomic E-state index is 13.4. The summed E-state index contributed by atoms with van der Waals surface area (Å²) < 4.78 is 13.4. The molecule has 0 saturated heterocycles. The average Bonchev–Trinajstić information content (AvgIpc) is 2.02. The van der Waals surface area contributed by atoms with Crippen LogP contribution in [0.15, 0.2) is 6.07 Å². The third-order valence-electron chi connectivity index (χ3n) is 2.29. The van der Waals surface area contributed by atoms with Crippen LogP contribution in [0.3, 0.4) is 0 Å². The number of nitrogens with two attached hydrogens (primary N) is 1. The van der Waals surface area contributed by atoms with Crippen molar-refractivity contribution in [3.63, 3.8) is 0 Å². The van der Waals surface area contributed by atoms with Crippen molar-refractivity contribution in [1.29, 1.82) is 0 Å². The molecule has 1 nitrogen and oxygen atoms in total. The van der Waals surface area contributed by atoms with Crippen molar-refractivity contribution in [2.45, 2.75) is 27.3 Å². The zero-order chi connectivity index (χ0) is 9.30. The van der Waals surface area contributed by atoms with Crippen LogP contribution in [0, 0.1) is 26.6 Å². The van der Waals surface area contributed by atoms with Crippen molar-refractivity contribution in [2.75, 3.05) is 0 Å². The molecule has 1 aromatic rings. The van der Waals surface area contributed by atoms with Gasteiger partial charge in [0.15, 0.2) is 0 Å². The SMILES string of the molecule is Cc1cc(C)c(F)c(CN)c1C. The standard InChI is InChI=1S/C10H14FN/c1-6-4-7(2)10(11)9(5-12)8(6)3/h4H,5,12H2,1-3H3. The van der Waals surface area contributed by atoms with Crippen LogP contribution in [0.2, 0.25) is 0 Å². The molecular formula is C10H14FN. The van der Waals surface area contributed by atoms with Gasteiger partial charge < -0.3 is 5.73 Å². The number of hydrogen-bond donors (Lipinski definition) is 1. The van der Waals surface area contributed by atoms with Gasteiger partial charge in [0, 0.05) is 12.1 Å². The van der Waals surface area contributed by atoms with Crippen molar-refractivity contribution in [2.24, 2.45) is 5.73 Å². The fourth-order valence-electron chi connectivity index (χ4n) is 1.38. The molecule has 0 aliphatic rings. The summed E-state index contributed by atoms with van der Waals surface area (Å²) in [5, 5.41) is 0. The van der Waals surface area contributed by atoms with Gasteiger partial charge in [-0.15, -0.1) is 0 Å². The first kappa shape index (κ1) is 9.20. The van der Waals surface area contributed by atoms with Gasteiger partial charge in [-0.3, -0.25) is 0 Å². The smallest absolute Gasteiger partial charge is 0.130 e. The predicted octanol–water partition coefficient (Wildman–Crippen LogP) is 2.21. The first-order chi connectivity index (χ1) is 5.57. The van der Waals surface area contributed by atoms with Gasteiger partial charge in [0.25, 0.3) is 0 Å². The molecule has 0 aromatic heterocycles. The van der Waals surface area contributed by atoms with Gasteiger partial charge in [0.2, 0.25) is 0 Å². The normalized spacial score (nSPS) is 10.4. The largest absolute Gasteiger partial charge is 0.326 e. The van der Waals surface area contributed by atoms with Crippen LogP contribution >= 0.6 is 0 Å². The lowest BCUT2D eigenvalue weighted by molar-refractivity contribution is 0.598. The summed E-state index contributed by atoms with van der Waals surface area (Å²) in [7, 11) is 0. The minimum atomic E-state index is -0.152. The Morgan fingerprint density at radius 3 is 2.33 bits per heavy atom. The van der Waals surface area contributed by atoms with Crippen LogP contribution in [0.25, 0.3) is 0 Å². The summed E-state index contributed by atoms with van der Waals surface area (Å²) in [4.78, 5) is 0. The van der Waals surface area contributed by atoms with E-state index in [9.17, 15) is 4.39 Å². The Hall–Kier alpha value is -0.890. The lowest BCUT2D eigenvalue weighted by atomic mass is 9.99. The number of benzene rings is 1. The maximum absolute atomic E-state index is 13.4. The second-order valence-electron chi connectivity index (χ2n) is 3.13. The molecule has 0 aliphatic carbocycles. The molecule has 2 N–H and O–H groups in total. The lowest BCUT2D eigenvalue weighted by Gasteiger charge is -2.10. The Labute approximate surface area is 72.4 Å². The third-order valence-corrected chi connectivity index (χ3v) is 2.29. The average molecular weight is 167 g/mol. The fourth-order valence-corrected chi connectivity index (χ4v) is 1.38. The van der Waals surface area contributed by atoms with Crippen molar-refractivity contribution in [3.05, 3.63) is 34.1 Å². The minimum Gasteiger partial charge on any atom is -0.326 e. The summed E-state index contributed by atoms with van der Waals surface area (Å²) in [6.45, 7) is 5.92. The summed E-state index contributed by atoms with van der Waals surface area (Å²) in [6, 6.07) is 1.85. The van der Waals surface area contributed by atoms with E-state index < -0.39 is 0 Å². The van der Waals surface area contributed by atoms with Gasteiger partial charge in [0.05, 0.1) is 0 Å². The Bertz CT molecular complexity index is 279. The fraction of sp³-hybridized carbons (Fsp3) is 0.400. The van der Waals surface area contributed by atoms with Crippen molar-refractivity contribution in [1.82, 2.24) is 0 Å². The van der Waals surface area contributed by atoms with E-state index in [1.54, 1.807) is 6.92 Å². The quantitative estimate of drug-likeness (QED) is 0.681. The highest BCUT2D eigenvalue weighted by Crippen LogP contribution is 2.19. The molecule has 12 heavy (non-hydrogen) atoms. The lowest BCUT2D eigenvalue weighted by Crippen LogP contribution is -2.05. The molecule has 1 rings (SSSR count). The van der Waals surface area contributed by atoms with Crippen LogP contribution in [0.4, 0.5) is 4.39 Å². The molecule has 0 heterocycles. The van der Waals surface area contributed by atoms with Gasteiger partial charge in [0.1, 0.15) is 5.82 Å². The van der Waals surface area contributed by atoms with Crippen LogP contribution in [-0.2, 0) is 6.54 Å². The van der Waals surface area contributed by atoms with Crippen LogP contribution in [0.1, 0.15) is 22.3 Å². The maximum Gasteiger partial charge on any atom is 0.130 e. The Balaban J connectivity index is 3.42. The Morgan fingerprint density at radius 1 is 1.25 bits per heavy atom. The van der Waals surface area contributed by atoms with E-state index in [4.69, 9.17) is 5.73 Å². The minimum absolute atomic E-state index is 0.152. The molecule has 66 valence electrons. The topological polar surface area (TPSA) is 26.0 Å². The molecule has 0 unspecified atom stereocenters. The Kier molecular flexibility index (Phi) is 2.48. The summed E-state index contributed by atoms with van der Waals surface area (Å²) in [5.41, 5.74) is 8.85. The first-order valence-corrected chi connectivity index (χ1v) is 4.03. The highest BCUT2D eigenvalue weighted by atomic mass is 19.1. The molecule has 0 aliphatic heterocycles. The van der Waals surface area contributed by atoms with Crippen molar-refractivity contribution >= 4 is 0 Å². The monoisotopic (exact) mass is 167 g/mol. The van der Waals surface area contributed by atoms with Gasteiger partial charge >= 0.3 is 0 Å². The van der Waals surface area contributed by atoms with E-state index in [1.165, 1.54) is 0 Å². The van der Waals surface area contributed by atoms with Crippen LogP contribution < -0.4 is 5.73 Å². The van der Waals surface area contributed by atoms with Gasteiger partial charge in [-0.05, 0) is 37.5 Å². The summed E-state index contributed by atoms with van der Waals surface area (Å²) in [5.74, 6) is -0.152. The third kappa shape index (κ3) is 1.34. The van der Waals surface area contributed by atoms with Gasteiger partial charge in [-0.1, -0.05) is 6.07 Å². The van der Waals surface area contributed by atoms with E-state index in [0.717, 1.165) is 11.1 Å². The summed E-state index contributed by atoms with van der Waals surface area (Å²) >= 11 is 0. The Morgan fingerprint density at radius 2 is 1.83 bits per heavy atom. The zero-order valence-corrected chi connectivity index (χ0v) is 7.74. The second kappa shape index (κ2) is 3.23. The molecule has 0 atom stereocenters. The number of hydrogen-bond acceptors (Lipinski definition) is 1. The van der Waals surface area contributed by atoms with E-state index in [1.807, 2.05) is 19.9 Å². The number of aryl methyl sites for hydroxylation is 2. The molecule has 1 aromatic carbocycles.